The predicted octanol–water partition coefficient (Wildman–Crippen LogP) is 2.61. The van der Waals surface area contributed by atoms with Crippen LogP contribution in [-0.4, -0.2) is 67.2 Å². The van der Waals surface area contributed by atoms with Crippen LogP contribution < -0.4 is 10.9 Å². The van der Waals surface area contributed by atoms with Crippen LogP contribution in [0.1, 0.15) is 25.2 Å². The normalized spacial score (nSPS) is 15.8. The van der Waals surface area contributed by atoms with Crippen LogP contribution in [0.15, 0.2) is 35.6 Å². The fourth-order valence-electron chi connectivity index (χ4n) is 4.21. The molecular formula is C22H25ClN8O2. The summed E-state index contributed by atoms with van der Waals surface area (Å²) in [5, 5.41) is 4.22. The van der Waals surface area contributed by atoms with Gasteiger partial charge in [-0.1, -0.05) is 17.7 Å². The number of morpholine rings is 1. The fraction of sp³-hybridized carbons (Fsp3) is 0.409. The number of imidazole rings is 1. The van der Waals surface area contributed by atoms with E-state index in [0.29, 0.717) is 45.3 Å². The van der Waals surface area contributed by atoms with Crippen molar-refractivity contribution in [3.8, 4) is 0 Å². The summed E-state index contributed by atoms with van der Waals surface area (Å²) in [6.07, 6.45) is 3.85. The van der Waals surface area contributed by atoms with Crippen molar-refractivity contribution in [2.24, 2.45) is 0 Å². The maximum atomic E-state index is 13.5. The predicted molar refractivity (Wildman–Crippen MR) is 127 cm³/mol. The molecule has 0 amide bonds. The molecule has 1 atom stereocenters. The van der Waals surface area contributed by atoms with Crippen LogP contribution in [0.4, 0.5) is 5.82 Å². The van der Waals surface area contributed by atoms with Gasteiger partial charge in [-0.15, -0.1) is 0 Å². The molecule has 1 fully saturated rings. The smallest absolute Gasteiger partial charge is 0.262 e. The van der Waals surface area contributed by atoms with E-state index in [2.05, 4.69) is 30.2 Å². The second-order valence-corrected chi connectivity index (χ2v) is 8.46. The first-order valence-corrected chi connectivity index (χ1v) is 11.4. The molecule has 1 aliphatic rings. The van der Waals surface area contributed by atoms with Gasteiger partial charge in [0.15, 0.2) is 11.5 Å². The molecule has 33 heavy (non-hydrogen) atoms. The van der Waals surface area contributed by atoms with Crippen LogP contribution in [0.2, 0.25) is 5.02 Å². The molecule has 0 saturated carbocycles. The number of nitrogens with zero attached hydrogens (tertiary/aromatic N) is 6. The molecule has 172 valence electrons. The van der Waals surface area contributed by atoms with Crippen molar-refractivity contribution in [3.05, 3.63) is 52.1 Å². The average Bonchev–Trinajstić information content (AvgIpc) is 3.31. The Labute approximate surface area is 195 Å². The Bertz CT molecular complexity index is 1330. The number of rotatable bonds is 7. The summed E-state index contributed by atoms with van der Waals surface area (Å²) in [6.45, 7) is 6.71. The molecule has 4 aromatic rings. The standard InChI is InChI=1S/C22H25ClN8O2/c1-14(28-20-18-19(25-12-24-18)26-13-27-20)21-29-16-5-2-4-15(23)17(16)22(32)31(21)7-3-6-30-8-10-33-11-9-30/h2,4-5,12-14H,3,6-11H2,1H3,(H2,24,25,26,27,28). The number of fused-ring (bicyclic) bond motifs is 2. The molecule has 0 aliphatic carbocycles. The van der Waals surface area contributed by atoms with Crippen molar-refractivity contribution in [1.82, 2.24) is 34.4 Å². The van der Waals surface area contributed by atoms with Gasteiger partial charge in [-0.3, -0.25) is 14.3 Å². The van der Waals surface area contributed by atoms with Crippen LogP contribution in [-0.2, 0) is 11.3 Å². The van der Waals surface area contributed by atoms with E-state index >= 15 is 0 Å². The van der Waals surface area contributed by atoms with Crippen LogP contribution in [0, 0.1) is 0 Å². The number of aromatic amines is 1. The second kappa shape index (κ2) is 9.42. The van der Waals surface area contributed by atoms with Gasteiger partial charge in [0.25, 0.3) is 5.56 Å². The van der Waals surface area contributed by atoms with Gasteiger partial charge in [-0.05, 0) is 25.5 Å². The number of anilines is 1. The molecule has 2 N–H and O–H groups in total. The number of hydrogen-bond acceptors (Lipinski definition) is 8. The second-order valence-electron chi connectivity index (χ2n) is 8.06. The third-order valence-electron chi connectivity index (χ3n) is 5.89. The Balaban J connectivity index is 1.48. The van der Waals surface area contributed by atoms with Gasteiger partial charge in [0.2, 0.25) is 0 Å². The summed E-state index contributed by atoms with van der Waals surface area (Å²) in [4.78, 5) is 36.5. The Morgan fingerprint density at radius 2 is 2.06 bits per heavy atom. The van der Waals surface area contributed by atoms with Crippen LogP contribution in [0.3, 0.4) is 0 Å². The third-order valence-corrected chi connectivity index (χ3v) is 6.20. The molecule has 1 unspecified atom stereocenters. The summed E-state index contributed by atoms with van der Waals surface area (Å²) in [5.74, 6) is 1.23. The number of ether oxygens (including phenoxy) is 1. The largest absolute Gasteiger partial charge is 0.379 e. The van der Waals surface area contributed by atoms with Gasteiger partial charge in [0.05, 0.1) is 41.5 Å². The molecule has 5 rings (SSSR count). The van der Waals surface area contributed by atoms with Gasteiger partial charge < -0.3 is 15.0 Å². The molecule has 1 aliphatic heterocycles. The first-order chi connectivity index (χ1) is 16.1. The molecule has 3 aromatic heterocycles. The van der Waals surface area contributed by atoms with Crippen molar-refractivity contribution in [2.75, 3.05) is 38.2 Å². The summed E-state index contributed by atoms with van der Waals surface area (Å²) in [6, 6.07) is 5.04. The molecule has 0 bridgehead atoms. The van der Waals surface area contributed by atoms with Gasteiger partial charge in [0.1, 0.15) is 17.7 Å². The quantitative estimate of drug-likeness (QED) is 0.425. The van der Waals surface area contributed by atoms with Crippen molar-refractivity contribution in [1.29, 1.82) is 0 Å². The maximum absolute atomic E-state index is 13.5. The minimum Gasteiger partial charge on any atom is -0.379 e. The number of benzene rings is 1. The Hall–Kier alpha value is -3.08. The lowest BCUT2D eigenvalue weighted by Crippen LogP contribution is -2.37. The molecule has 1 aromatic carbocycles. The van der Waals surface area contributed by atoms with E-state index in [-0.39, 0.29) is 11.6 Å². The van der Waals surface area contributed by atoms with E-state index < -0.39 is 0 Å². The van der Waals surface area contributed by atoms with Crippen LogP contribution >= 0.6 is 11.6 Å². The summed E-state index contributed by atoms with van der Waals surface area (Å²) in [7, 11) is 0. The van der Waals surface area contributed by atoms with Crippen LogP contribution in [0.25, 0.3) is 22.1 Å². The number of H-pyrrole nitrogens is 1. The molecule has 11 heteroatoms. The van der Waals surface area contributed by atoms with E-state index in [1.54, 1.807) is 23.0 Å². The zero-order valence-electron chi connectivity index (χ0n) is 18.3. The van der Waals surface area contributed by atoms with E-state index in [9.17, 15) is 4.79 Å². The van der Waals surface area contributed by atoms with Gasteiger partial charge in [-0.2, -0.15) is 0 Å². The summed E-state index contributed by atoms with van der Waals surface area (Å²) < 4.78 is 7.16. The topological polar surface area (TPSA) is 114 Å². The molecule has 4 heterocycles. The van der Waals surface area contributed by atoms with Crippen LogP contribution in [0.5, 0.6) is 0 Å². The number of hydrogen-bond donors (Lipinski definition) is 2. The first-order valence-electron chi connectivity index (χ1n) is 11.0. The number of halogens is 1. The van der Waals surface area contributed by atoms with Crippen molar-refractivity contribution < 1.29 is 4.74 Å². The molecular weight excluding hydrogens is 444 g/mol. The number of aromatic nitrogens is 6. The highest BCUT2D eigenvalue weighted by Crippen LogP contribution is 2.24. The lowest BCUT2D eigenvalue weighted by molar-refractivity contribution is 0.0368. The third kappa shape index (κ3) is 4.41. The van der Waals surface area contributed by atoms with Gasteiger partial charge >= 0.3 is 0 Å². The van der Waals surface area contributed by atoms with E-state index in [1.165, 1.54) is 6.33 Å². The Kier molecular flexibility index (Phi) is 6.21. The molecule has 0 radical (unpaired) electrons. The minimum atomic E-state index is -0.300. The van der Waals surface area contributed by atoms with Crippen molar-refractivity contribution >= 4 is 39.5 Å². The zero-order valence-corrected chi connectivity index (χ0v) is 19.0. The lowest BCUT2D eigenvalue weighted by atomic mass is 10.2. The fourth-order valence-corrected chi connectivity index (χ4v) is 4.46. The molecule has 0 spiro atoms. The molecule has 10 nitrogen and oxygen atoms in total. The lowest BCUT2D eigenvalue weighted by Gasteiger charge is -2.27. The van der Waals surface area contributed by atoms with E-state index in [4.69, 9.17) is 21.3 Å². The van der Waals surface area contributed by atoms with Gasteiger partial charge in [0, 0.05) is 26.2 Å². The first kappa shape index (κ1) is 21.7. The van der Waals surface area contributed by atoms with Gasteiger partial charge in [-0.25, -0.2) is 19.9 Å². The highest BCUT2D eigenvalue weighted by Gasteiger charge is 2.20. The zero-order chi connectivity index (χ0) is 22.8. The van der Waals surface area contributed by atoms with E-state index in [0.717, 1.165) is 39.3 Å². The highest BCUT2D eigenvalue weighted by molar-refractivity contribution is 6.35. The Morgan fingerprint density at radius 1 is 1.21 bits per heavy atom. The molecule has 1 saturated heterocycles. The van der Waals surface area contributed by atoms with Crippen molar-refractivity contribution in [3.63, 3.8) is 0 Å². The SMILES string of the molecule is CC(Nc1ncnc2nc[nH]c12)c1nc2cccc(Cl)c2c(=O)n1CCCN1CCOCC1. The van der Waals surface area contributed by atoms with Crippen molar-refractivity contribution in [2.45, 2.75) is 25.9 Å². The Morgan fingerprint density at radius 3 is 2.91 bits per heavy atom. The summed E-state index contributed by atoms with van der Waals surface area (Å²) >= 11 is 6.39. The highest BCUT2D eigenvalue weighted by atomic mass is 35.5. The summed E-state index contributed by atoms with van der Waals surface area (Å²) in [5.41, 5.74) is 1.72. The monoisotopic (exact) mass is 468 g/mol. The number of nitrogens with one attached hydrogen (secondary N) is 2. The maximum Gasteiger partial charge on any atom is 0.262 e. The van der Waals surface area contributed by atoms with E-state index in [1.807, 2.05) is 13.0 Å². The average molecular weight is 469 g/mol. The minimum absolute atomic E-state index is 0.134.